The SMILES string of the molecule is O=C(Nc1nnc(-c2cccc(F)c2)o1)C1CCCN1S(=O)(=O)c1ccc(Cl)cc1. The summed E-state index contributed by atoms with van der Waals surface area (Å²) in [5.74, 6) is -1.02. The van der Waals surface area contributed by atoms with Gasteiger partial charge in [-0.1, -0.05) is 22.8 Å². The van der Waals surface area contributed by atoms with Gasteiger partial charge in [0.25, 0.3) is 0 Å². The van der Waals surface area contributed by atoms with Crippen LogP contribution in [0.5, 0.6) is 0 Å². The van der Waals surface area contributed by atoms with Crippen LogP contribution < -0.4 is 5.32 Å². The van der Waals surface area contributed by atoms with Crippen molar-refractivity contribution >= 4 is 33.5 Å². The highest BCUT2D eigenvalue weighted by molar-refractivity contribution is 7.89. The lowest BCUT2D eigenvalue weighted by molar-refractivity contribution is -0.119. The highest BCUT2D eigenvalue weighted by Crippen LogP contribution is 2.28. The summed E-state index contributed by atoms with van der Waals surface area (Å²) in [4.78, 5) is 12.8. The Bertz CT molecular complexity index is 1180. The zero-order valence-electron chi connectivity index (χ0n) is 15.5. The van der Waals surface area contributed by atoms with E-state index < -0.39 is 27.8 Å². The molecule has 1 atom stereocenters. The Hall–Kier alpha value is -2.82. The molecule has 1 N–H and O–H groups in total. The fourth-order valence-electron chi connectivity index (χ4n) is 3.23. The van der Waals surface area contributed by atoms with Crippen molar-refractivity contribution in [2.24, 2.45) is 0 Å². The molecule has 156 valence electrons. The van der Waals surface area contributed by atoms with Crippen molar-refractivity contribution in [2.45, 2.75) is 23.8 Å². The number of halogens is 2. The third kappa shape index (κ3) is 4.07. The van der Waals surface area contributed by atoms with E-state index in [1.54, 1.807) is 6.07 Å². The van der Waals surface area contributed by atoms with E-state index in [1.165, 1.54) is 42.5 Å². The van der Waals surface area contributed by atoms with Crippen molar-refractivity contribution in [2.75, 3.05) is 11.9 Å². The normalized spacial score (nSPS) is 17.2. The number of sulfonamides is 1. The molecule has 0 aliphatic carbocycles. The first-order valence-electron chi connectivity index (χ1n) is 9.02. The van der Waals surface area contributed by atoms with Crippen molar-refractivity contribution in [3.05, 3.63) is 59.4 Å². The topological polar surface area (TPSA) is 105 Å². The van der Waals surface area contributed by atoms with Gasteiger partial charge in [-0.2, -0.15) is 4.31 Å². The van der Waals surface area contributed by atoms with Crippen LogP contribution in [0.3, 0.4) is 0 Å². The van der Waals surface area contributed by atoms with Crippen molar-refractivity contribution in [1.82, 2.24) is 14.5 Å². The van der Waals surface area contributed by atoms with E-state index in [9.17, 15) is 17.6 Å². The largest absolute Gasteiger partial charge is 0.403 e. The molecule has 30 heavy (non-hydrogen) atoms. The molecule has 1 unspecified atom stereocenters. The van der Waals surface area contributed by atoms with Gasteiger partial charge >= 0.3 is 6.01 Å². The molecule has 1 amide bonds. The molecular formula is C19H16ClFN4O4S. The molecule has 3 aromatic rings. The Labute approximate surface area is 176 Å². The van der Waals surface area contributed by atoms with Gasteiger partial charge in [0.15, 0.2) is 0 Å². The van der Waals surface area contributed by atoms with E-state index in [0.29, 0.717) is 23.4 Å². The van der Waals surface area contributed by atoms with Gasteiger partial charge < -0.3 is 4.42 Å². The maximum atomic E-state index is 13.4. The molecule has 0 bridgehead atoms. The van der Waals surface area contributed by atoms with Gasteiger partial charge in [0.2, 0.25) is 21.8 Å². The van der Waals surface area contributed by atoms with E-state index in [-0.39, 0.29) is 23.3 Å². The first kappa shape index (κ1) is 20.5. The Morgan fingerprint density at radius 2 is 1.97 bits per heavy atom. The maximum absolute atomic E-state index is 13.4. The number of hydrogen-bond donors (Lipinski definition) is 1. The Kier molecular flexibility index (Phi) is 5.54. The molecule has 4 rings (SSSR count). The molecule has 1 fully saturated rings. The summed E-state index contributed by atoms with van der Waals surface area (Å²) in [5.41, 5.74) is 0.357. The fourth-order valence-corrected chi connectivity index (χ4v) is 5.01. The van der Waals surface area contributed by atoms with E-state index in [4.69, 9.17) is 16.0 Å². The number of hydrogen-bond acceptors (Lipinski definition) is 6. The molecule has 1 aliphatic rings. The zero-order valence-corrected chi connectivity index (χ0v) is 17.0. The van der Waals surface area contributed by atoms with Gasteiger partial charge in [0, 0.05) is 17.1 Å². The molecule has 1 aliphatic heterocycles. The van der Waals surface area contributed by atoms with Crippen LogP contribution in [-0.2, 0) is 14.8 Å². The number of benzene rings is 2. The average molecular weight is 451 g/mol. The van der Waals surface area contributed by atoms with E-state index >= 15 is 0 Å². The first-order chi connectivity index (χ1) is 14.3. The number of anilines is 1. The van der Waals surface area contributed by atoms with Crippen LogP contribution >= 0.6 is 11.6 Å². The van der Waals surface area contributed by atoms with Crippen molar-refractivity contribution in [3.8, 4) is 11.5 Å². The third-order valence-corrected chi connectivity index (χ3v) is 6.83. The van der Waals surface area contributed by atoms with Gasteiger partial charge in [-0.25, -0.2) is 12.8 Å². The van der Waals surface area contributed by atoms with Crippen molar-refractivity contribution < 1.29 is 22.0 Å². The van der Waals surface area contributed by atoms with Gasteiger partial charge in [0.05, 0.1) is 4.90 Å². The van der Waals surface area contributed by atoms with Crippen LogP contribution in [0, 0.1) is 5.82 Å². The number of carbonyl (C=O) groups excluding carboxylic acids is 1. The van der Waals surface area contributed by atoms with Crippen LogP contribution in [0.4, 0.5) is 10.4 Å². The highest BCUT2D eigenvalue weighted by Gasteiger charge is 2.39. The lowest BCUT2D eigenvalue weighted by atomic mass is 10.2. The van der Waals surface area contributed by atoms with E-state index in [1.807, 2.05) is 0 Å². The molecular weight excluding hydrogens is 435 g/mol. The summed E-state index contributed by atoms with van der Waals surface area (Å²) in [5, 5.41) is 10.4. The summed E-state index contributed by atoms with van der Waals surface area (Å²) in [6.07, 6.45) is 0.882. The number of rotatable bonds is 5. The molecule has 1 saturated heterocycles. The molecule has 2 heterocycles. The second-order valence-corrected chi connectivity index (χ2v) is 8.97. The zero-order chi connectivity index (χ0) is 21.3. The van der Waals surface area contributed by atoms with Gasteiger partial charge in [-0.15, -0.1) is 5.10 Å². The standard InChI is InChI=1S/C19H16ClFN4O4S/c20-13-6-8-15(9-7-13)30(27,28)25-10-2-5-16(25)17(26)22-19-24-23-18(29-19)12-3-1-4-14(21)11-12/h1,3-4,6-9,11,16H,2,5,10H2,(H,22,24,26). The summed E-state index contributed by atoms with van der Waals surface area (Å²) in [6, 6.07) is 10.2. The first-order valence-corrected chi connectivity index (χ1v) is 10.8. The lowest BCUT2D eigenvalue weighted by Gasteiger charge is -2.22. The average Bonchev–Trinajstić information content (AvgIpc) is 3.38. The number of nitrogens with zero attached hydrogens (tertiary/aromatic N) is 3. The van der Waals surface area contributed by atoms with Crippen LogP contribution in [0.2, 0.25) is 5.02 Å². The van der Waals surface area contributed by atoms with Gasteiger partial charge in [0.1, 0.15) is 11.9 Å². The van der Waals surface area contributed by atoms with Crippen molar-refractivity contribution in [1.29, 1.82) is 0 Å². The Morgan fingerprint density at radius 3 is 2.70 bits per heavy atom. The molecule has 11 heteroatoms. The van der Waals surface area contributed by atoms with Gasteiger partial charge in [-0.05, 0) is 55.3 Å². The smallest absolute Gasteiger partial charge is 0.322 e. The van der Waals surface area contributed by atoms with Crippen LogP contribution in [0.1, 0.15) is 12.8 Å². The van der Waals surface area contributed by atoms with E-state index in [2.05, 4.69) is 15.5 Å². The van der Waals surface area contributed by atoms with Crippen molar-refractivity contribution in [3.63, 3.8) is 0 Å². The minimum atomic E-state index is -3.88. The highest BCUT2D eigenvalue weighted by atomic mass is 35.5. The van der Waals surface area contributed by atoms with Crippen LogP contribution in [0.25, 0.3) is 11.5 Å². The Morgan fingerprint density at radius 1 is 1.20 bits per heavy atom. The fraction of sp³-hybridized carbons (Fsp3) is 0.211. The van der Waals surface area contributed by atoms with Crippen LogP contribution in [-0.4, -0.2) is 41.4 Å². The van der Waals surface area contributed by atoms with Crippen LogP contribution in [0.15, 0.2) is 57.8 Å². The second-order valence-electron chi connectivity index (χ2n) is 6.64. The second kappa shape index (κ2) is 8.13. The number of amides is 1. The number of nitrogens with one attached hydrogen (secondary N) is 1. The minimum absolute atomic E-state index is 0.0295. The number of aromatic nitrogens is 2. The third-order valence-electron chi connectivity index (χ3n) is 4.65. The number of carbonyl (C=O) groups is 1. The molecule has 8 nitrogen and oxygen atoms in total. The summed E-state index contributed by atoms with van der Waals surface area (Å²) in [6.45, 7) is 0.210. The molecule has 2 aromatic carbocycles. The summed E-state index contributed by atoms with van der Waals surface area (Å²) < 4.78 is 45.8. The monoisotopic (exact) mass is 450 g/mol. The van der Waals surface area contributed by atoms with E-state index in [0.717, 1.165) is 4.31 Å². The molecule has 0 radical (unpaired) electrons. The lowest BCUT2D eigenvalue weighted by Crippen LogP contribution is -2.43. The minimum Gasteiger partial charge on any atom is -0.403 e. The molecule has 1 aromatic heterocycles. The maximum Gasteiger partial charge on any atom is 0.322 e. The predicted molar refractivity (Wildman–Crippen MR) is 107 cm³/mol. The summed E-state index contributed by atoms with van der Waals surface area (Å²) in [7, 11) is -3.88. The summed E-state index contributed by atoms with van der Waals surface area (Å²) >= 11 is 5.83. The van der Waals surface area contributed by atoms with Gasteiger partial charge in [-0.3, -0.25) is 10.1 Å². The Balaban J connectivity index is 1.51. The molecule has 0 spiro atoms. The quantitative estimate of drug-likeness (QED) is 0.639. The predicted octanol–water partition coefficient (Wildman–Crippen LogP) is 3.32. The molecule has 0 saturated carbocycles.